The van der Waals surface area contributed by atoms with Gasteiger partial charge in [0.05, 0.1) is 19.4 Å². The summed E-state index contributed by atoms with van der Waals surface area (Å²) in [5.74, 6) is 0.510. The average Bonchev–Trinajstić information content (AvgIpc) is 2.83. The second-order valence-electron chi connectivity index (χ2n) is 6.66. The van der Waals surface area contributed by atoms with Crippen molar-refractivity contribution in [2.75, 3.05) is 25.6 Å². The lowest BCUT2D eigenvalue weighted by Gasteiger charge is -2.19. The number of esters is 1. The molecular weight excluding hydrogens is 410 g/mol. The van der Waals surface area contributed by atoms with Crippen LogP contribution in [0, 0.1) is 0 Å². The van der Waals surface area contributed by atoms with Gasteiger partial charge in [-0.25, -0.2) is 4.79 Å². The lowest BCUT2D eigenvalue weighted by atomic mass is 10.1. The van der Waals surface area contributed by atoms with Gasteiger partial charge in [-0.1, -0.05) is 42.5 Å². The van der Waals surface area contributed by atoms with Crippen LogP contribution in [0.25, 0.3) is 0 Å². The van der Waals surface area contributed by atoms with Gasteiger partial charge in [0.15, 0.2) is 6.61 Å². The van der Waals surface area contributed by atoms with E-state index in [2.05, 4.69) is 5.32 Å². The lowest BCUT2D eigenvalue weighted by molar-refractivity contribution is -0.156. The summed E-state index contributed by atoms with van der Waals surface area (Å²) in [4.78, 5) is 25.5. The third-order valence-corrected chi connectivity index (χ3v) is 4.45. The zero-order valence-electron chi connectivity index (χ0n) is 17.9. The van der Waals surface area contributed by atoms with Crippen LogP contribution in [0.15, 0.2) is 78.9 Å². The molecule has 0 aromatic heterocycles. The molecule has 3 aromatic rings. The van der Waals surface area contributed by atoms with Crippen LogP contribution in [-0.2, 0) is 14.3 Å². The van der Waals surface area contributed by atoms with E-state index in [0.717, 1.165) is 0 Å². The summed E-state index contributed by atoms with van der Waals surface area (Å²) in [6, 6.07) is 22.7. The minimum Gasteiger partial charge on any atom is -0.497 e. The molecule has 0 radical (unpaired) electrons. The maximum atomic E-state index is 13.1. The normalized spacial score (nSPS) is 11.2. The molecular formula is C25H25NO6. The van der Waals surface area contributed by atoms with Gasteiger partial charge in [0.1, 0.15) is 17.2 Å². The standard InChI is InChI=1S/C25H25NO6/c1-3-30-22-12-8-7-11-21(22)26-25(28)24(18-9-5-4-6-10-18)32-23(27)17-31-20-15-13-19(29-2)14-16-20/h4-16,24H,3,17H2,1-2H3,(H,26,28). The number of carbonyl (C=O) groups excluding carboxylic acids is 2. The maximum absolute atomic E-state index is 13.1. The second-order valence-corrected chi connectivity index (χ2v) is 6.66. The number of benzene rings is 3. The minimum absolute atomic E-state index is 0.349. The first-order valence-electron chi connectivity index (χ1n) is 10.1. The van der Waals surface area contributed by atoms with E-state index in [4.69, 9.17) is 18.9 Å². The fraction of sp³-hybridized carbons (Fsp3) is 0.200. The van der Waals surface area contributed by atoms with Gasteiger partial charge >= 0.3 is 5.97 Å². The number of nitrogens with one attached hydrogen (secondary N) is 1. The minimum atomic E-state index is -1.15. The number of anilines is 1. The Morgan fingerprint density at radius 2 is 1.50 bits per heavy atom. The Morgan fingerprint density at radius 1 is 0.844 bits per heavy atom. The van der Waals surface area contributed by atoms with Gasteiger partial charge in [0.2, 0.25) is 6.10 Å². The van der Waals surface area contributed by atoms with E-state index in [1.54, 1.807) is 73.8 Å². The fourth-order valence-electron chi connectivity index (χ4n) is 2.93. The van der Waals surface area contributed by atoms with Crippen molar-refractivity contribution in [3.63, 3.8) is 0 Å². The number of para-hydroxylation sites is 2. The Hall–Kier alpha value is -4.00. The van der Waals surface area contributed by atoms with Crippen molar-refractivity contribution in [3.8, 4) is 17.2 Å². The number of hydrogen-bond donors (Lipinski definition) is 1. The highest BCUT2D eigenvalue weighted by atomic mass is 16.6. The van der Waals surface area contributed by atoms with Crippen LogP contribution >= 0.6 is 0 Å². The zero-order chi connectivity index (χ0) is 22.8. The van der Waals surface area contributed by atoms with Crippen molar-refractivity contribution < 1.29 is 28.5 Å². The van der Waals surface area contributed by atoms with Gasteiger partial charge in [0, 0.05) is 5.56 Å². The maximum Gasteiger partial charge on any atom is 0.345 e. The number of rotatable bonds is 10. The van der Waals surface area contributed by atoms with Gasteiger partial charge in [-0.05, 0) is 43.3 Å². The molecule has 1 atom stereocenters. The van der Waals surface area contributed by atoms with Crippen LogP contribution in [0.1, 0.15) is 18.6 Å². The smallest absolute Gasteiger partial charge is 0.345 e. The topological polar surface area (TPSA) is 83.1 Å². The Morgan fingerprint density at radius 3 is 2.19 bits per heavy atom. The van der Waals surface area contributed by atoms with Crippen molar-refractivity contribution in [1.29, 1.82) is 0 Å². The van der Waals surface area contributed by atoms with E-state index in [-0.39, 0.29) is 6.61 Å². The van der Waals surface area contributed by atoms with Crippen LogP contribution in [0.4, 0.5) is 5.69 Å². The summed E-state index contributed by atoms with van der Waals surface area (Å²) in [5, 5.41) is 2.79. The van der Waals surface area contributed by atoms with Crippen LogP contribution < -0.4 is 19.5 Å². The Balaban J connectivity index is 1.70. The molecule has 166 valence electrons. The first kappa shape index (κ1) is 22.7. The van der Waals surface area contributed by atoms with Crippen LogP contribution in [0.5, 0.6) is 17.2 Å². The number of ether oxygens (including phenoxy) is 4. The first-order valence-corrected chi connectivity index (χ1v) is 10.1. The van der Waals surface area contributed by atoms with Crippen LogP contribution in [-0.4, -0.2) is 32.2 Å². The molecule has 0 saturated heterocycles. The Labute approximate surface area is 186 Å². The molecule has 0 aliphatic rings. The molecule has 7 heteroatoms. The van der Waals surface area contributed by atoms with Crippen LogP contribution in [0.3, 0.4) is 0 Å². The van der Waals surface area contributed by atoms with E-state index in [1.807, 2.05) is 19.1 Å². The second kappa shape index (κ2) is 11.4. The van der Waals surface area contributed by atoms with Gasteiger partial charge in [0.25, 0.3) is 5.91 Å². The van der Waals surface area contributed by atoms with Gasteiger partial charge < -0.3 is 24.3 Å². The van der Waals surface area contributed by atoms with E-state index >= 15 is 0 Å². The quantitative estimate of drug-likeness (QED) is 0.476. The van der Waals surface area contributed by atoms with Gasteiger partial charge in [-0.3, -0.25) is 4.79 Å². The van der Waals surface area contributed by atoms with E-state index in [9.17, 15) is 9.59 Å². The molecule has 0 bridgehead atoms. The molecule has 0 aliphatic carbocycles. The van der Waals surface area contributed by atoms with Crippen LogP contribution in [0.2, 0.25) is 0 Å². The molecule has 1 amide bonds. The molecule has 0 aliphatic heterocycles. The highest BCUT2D eigenvalue weighted by Crippen LogP contribution is 2.27. The Kier molecular flexibility index (Phi) is 8.09. The average molecular weight is 435 g/mol. The number of methoxy groups -OCH3 is 1. The molecule has 3 aromatic carbocycles. The summed E-state index contributed by atoms with van der Waals surface area (Å²) in [6.07, 6.45) is -1.15. The predicted molar refractivity (Wildman–Crippen MR) is 120 cm³/mol. The third-order valence-electron chi connectivity index (χ3n) is 4.45. The first-order chi connectivity index (χ1) is 15.6. The van der Waals surface area contributed by atoms with Gasteiger partial charge in [-0.2, -0.15) is 0 Å². The molecule has 0 heterocycles. The molecule has 3 rings (SSSR count). The van der Waals surface area contributed by atoms with Crippen molar-refractivity contribution in [2.45, 2.75) is 13.0 Å². The highest BCUT2D eigenvalue weighted by molar-refractivity contribution is 5.97. The van der Waals surface area contributed by atoms with E-state index in [1.165, 1.54) is 0 Å². The third kappa shape index (κ3) is 6.25. The van der Waals surface area contributed by atoms with E-state index < -0.39 is 18.0 Å². The number of hydrogen-bond acceptors (Lipinski definition) is 6. The summed E-state index contributed by atoms with van der Waals surface area (Å²) >= 11 is 0. The SMILES string of the molecule is CCOc1ccccc1NC(=O)C(OC(=O)COc1ccc(OC)cc1)c1ccccc1. The predicted octanol–water partition coefficient (Wildman–Crippen LogP) is 4.40. The summed E-state index contributed by atoms with van der Waals surface area (Å²) < 4.78 is 21.6. The lowest BCUT2D eigenvalue weighted by Crippen LogP contribution is -2.28. The Bertz CT molecular complexity index is 1020. The van der Waals surface area contributed by atoms with E-state index in [0.29, 0.717) is 35.1 Å². The summed E-state index contributed by atoms with van der Waals surface area (Å²) in [7, 11) is 1.56. The number of carbonyl (C=O) groups is 2. The number of amides is 1. The molecule has 1 unspecified atom stereocenters. The largest absolute Gasteiger partial charge is 0.497 e. The van der Waals surface area contributed by atoms with Gasteiger partial charge in [-0.15, -0.1) is 0 Å². The molecule has 32 heavy (non-hydrogen) atoms. The zero-order valence-corrected chi connectivity index (χ0v) is 17.9. The molecule has 0 fully saturated rings. The van der Waals surface area contributed by atoms with Crippen molar-refractivity contribution >= 4 is 17.6 Å². The molecule has 1 N–H and O–H groups in total. The summed E-state index contributed by atoms with van der Waals surface area (Å²) in [6.45, 7) is 1.96. The summed E-state index contributed by atoms with van der Waals surface area (Å²) in [5.41, 5.74) is 1.03. The highest BCUT2D eigenvalue weighted by Gasteiger charge is 2.26. The van der Waals surface area contributed by atoms with Crippen molar-refractivity contribution in [3.05, 3.63) is 84.4 Å². The molecule has 0 saturated carbocycles. The van der Waals surface area contributed by atoms with Crippen molar-refractivity contribution in [1.82, 2.24) is 0 Å². The fourth-order valence-corrected chi connectivity index (χ4v) is 2.93. The monoisotopic (exact) mass is 435 g/mol. The van der Waals surface area contributed by atoms with Crippen molar-refractivity contribution in [2.24, 2.45) is 0 Å². The molecule has 0 spiro atoms. The molecule has 7 nitrogen and oxygen atoms in total.